The minimum atomic E-state index is 0.413. The quantitative estimate of drug-likeness (QED) is 0.496. The molecule has 0 radical (unpaired) electrons. The van der Waals surface area contributed by atoms with Crippen LogP contribution in [0.15, 0.2) is 17.6 Å². The average Bonchev–Trinajstić information content (AvgIpc) is 3.12. The lowest BCUT2D eigenvalue weighted by atomic mass is 10.4. The molecular weight excluding hydrogens is 292 g/mol. The van der Waals surface area contributed by atoms with Gasteiger partial charge in [-0.3, -0.25) is 5.43 Å². The molecule has 0 unspecified atom stereocenters. The first-order valence-corrected chi connectivity index (χ1v) is 7.89. The van der Waals surface area contributed by atoms with Gasteiger partial charge in [-0.1, -0.05) is 6.92 Å². The van der Waals surface area contributed by atoms with Crippen molar-refractivity contribution in [3.8, 4) is 0 Å². The van der Waals surface area contributed by atoms with Crippen LogP contribution in [0.2, 0.25) is 0 Å². The number of aromatic nitrogens is 3. The van der Waals surface area contributed by atoms with E-state index in [0.717, 1.165) is 27.5 Å². The van der Waals surface area contributed by atoms with Gasteiger partial charge in [-0.15, -0.1) is 22.7 Å². The van der Waals surface area contributed by atoms with Crippen molar-refractivity contribution in [1.82, 2.24) is 15.0 Å². The highest BCUT2D eigenvalue weighted by molar-refractivity contribution is 7.16. The number of hydrogen-bond acceptors (Lipinski definition) is 8. The van der Waals surface area contributed by atoms with E-state index in [1.807, 2.05) is 17.6 Å². The van der Waals surface area contributed by atoms with Crippen molar-refractivity contribution in [2.45, 2.75) is 19.9 Å². The summed E-state index contributed by atoms with van der Waals surface area (Å²) >= 11 is 3.28. The van der Waals surface area contributed by atoms with Crippen molar-refractivity contribution in [1.29, 1.82) is 0 Å². The first-order chi connectivity index (χ1) is 9.80. The van der Waals surface area contributed by atoms with Gasteiger partial charge >= 0.3 is 0 Å². The highest BCUT2D eigenvalue weighted by Crippen LogP contribution is 2.26. The van der Waals surface area contributed by atoms with Crippen molar-refractivity contribution in [2.75, 3.05) is 10.7 Å². The lowest BCUT2D eigenvalue weighted by Crippen LogP contribution is -2.12. The maximum atomic E-state index is 5.40. The molecule has 0 aliphatic heterocycles. The summed E-state index contributed by atoms with van der Waals surface area (Å²) in [4.78, 5) is 15.2. The molecule has 4 N–H and O–H groups in total. The summed E-state index contributed by atoms with van der Waals surface area (Å²) in [7, 11) is 0. The molecule has 3 aromatic heterocycles. The molecule has 0 fully saturated rings. The molecule has 0 bridgehead atoms. The van der Waals surface area contributed by atoms with Crippen LogP contribution in [0.3, 0.4) is 0 Å². The van der Waals surface area contributed by atoms with Crippen LogP contribution < -0.4 is 16.6 Å². The Morgan fingerprint density at radius 2 is 2.25 bits per heavy atom. The highest BCUT2D eigenvalue weighted by atomic mass is 32.1. The largest absolute Gasteiger partial charge is 0.363 e. The molecular formula is C12H14N6S2. The van der Waals surface area contributed by atoms with Crippen molar-refractivity contribution < 1.29 is 0 Å². The summed E-state index contributed by atoms with van der Waals surface area (Å²) in [5, 5.41) is 7.35. The van der Waals surface area contributed by atoms with Crippen molar-refractivity contribution >= 4 is 44.7 Å². The Morgan fingerprint density at radius 3 is 3.00 bits per heavy atom. The molecule has 6 nitrogen and oxygen atoms in total. The van der Waals surface area contributed by atoms with E-state index in [1.54, 1.807) is 22.7 Å². The molecule has 0 amide bonds. The first kappa shape index (κ1) is 13.2. The number of hydrazine groups is 1. The Hall–Kier alpha value is -1.77. The third kappa shape index (κ3) is 2.58. The minimum absolute atomic E-state index is 0.413. The zero-order valence-electron chi connectivity index (χ0n) is 10.9. The molecule has 0 aliphatic carbocycles. The van der Waals surface area contributed by atoms with Crippen molar-refractivity contribution in [3.05, 3.63) is 27.5 Å². The van der Waals surface area contributed by atoms with Gasteiger partial charge in [0.2, 0.25) is 5.95 Å². The van der Waals surface area contributed by atoms with Crippen LogP contribution in [0.25, 0.3) is 10.2 Å². The van der Waals surface area contributed by atoms with Crippen LogP contribution in [0.5, 0.6) is 0 Å². The number of hydrogen-bond donors (Lipinski definition) is 3. The number of thiazole rings is 1. The van der Waals surface area contributed by atoms with Gasteiger partial charge in [0.15, 0.2) is 0 Å². The van der Waals surface area contributed by atoms with Crippen LogP contribution in [0.1, 0.15) is 16.8 Å². The van der Waals surface area contributed by atoms with Crippen LogP contribution in [-0.2, 0) is 13.0 Å². The highest BCUT2D eigenvalue weighted by Gasteiger charge is 2.09. The summed E-state index contributed by atoms with van der Waals surface area (Å²) in [5.41, 5.74) is 2.49. The van der Waals surface area contributed by atoms with E-state index >= 15 is 0 Å². The molecule has 20 heavy (non-hydrogen) atoms. The number of nitrogen functional groups attached to an aromatic ring is 1. The van der Waals surface area contributed by atoms with Crippen molar-refractivity contribution in [2.24, 2.45) is 5.84 Å². The van der Waals surface area contributed by atoms with Gasteiger partial charge in [0.1, 0.15) is 15.7 Å². The van der Waals surface area contributed by atoms with E-state index in [2.05, 4.69) is 32.6 Å². The molecule has 0 atom stereocenters. The van der Waals surface area contributed by atoms with E-state index in [1.165, 1.54) is 4.88 Å². The second kappa shape index (κ2) is 5.70. The van der Waals surface area contributed by atoms with Crippen molar-refractivity contribution in [3.63, 3.8) is 0 Å². The Labute approximate surface area is 124 Å². The maximum absolute atomic E-state index is 5.40. The van der Waals surface area contributed by atoms with E-state index in [4.69, 9.17) is 5.84 Å². The zero-order valence-corrected chi connectivity index (χ0v) is 12.5. The Morgan fingerprint density at radius 1 is 1.35 bits per heavy atom. The molecule has 0 saturated carbocycles. The third-order valence-electron chi connectivity index (χ3n) is 2.81. The minimum Gasteiger partial charge on any atom is -0.363 e. The molecule has 3 rings (SSSR count). The Balaban J connectivity index is 1.84. The van der Waals surface area contributed by atoms with Crippen LogP contribution in [0, 0.1) is 0 Å². The molecule has 0 spiro atoms. The van der Waals surface area contributed by atoms with Gasteiger partial charge in [-0.05, 0) is 17.9 Å². The standard InChI is InChI=1S/C12H14N6S2/c1-2-7-5-14-9(20-7)6-15-10-8-3-4-19-11(8)17-12(16-10)18-13/h3-5H,2,6,13H2,1H3,(H2,15,16,17,18). The fourth-order valence-electron chi connectivity index (χ4n) is 1.81. The Bertz CT molecular complexity index is 720. The summed E-state index contributed by atoms with van der Waals surface area (Å²) in [5.74, 6) is 6.59. The number of fused-ring (bicyclic) bond motifs is 1. The smallest absolute Gasteiger partial charge is 0.240 e. The van der Waals surface area contributed by atoms with E-state index < -0.39 is 0 Å². The molecule has 104 valence electrons. The van der Waals surface area contributed by atoms with Gasteiger partial charge in [0.25, 0.3) is 0 Å². The van der Waals surface area contributed by atoms with Gasteiger partial charge < -0.3 is 5.32 Å². The summed E-state index contributed by atoms with van der Waals surface area (Å²) in [6.07, 6.45) is 2.94. The van der Waals surface area contributed by atoms with Crippen LogP contribution in [0.4, 0.5) is 11.8 Å². The summed E-state index contributed by atoms with van der Waals surface area (Å²) in [6.45, 7) is 2.78. The fourth-order valence-corrected chi connectivity index (χ4v) is 3.37. The van der Waals surface area contributed by atoms with Crippen LogP contribution >= 0.6 is 22.7 Å². The number of nitrogens with one attached hydrogen (secondary N) is 2. The van der Waals surface area contributed by atoms with Gasteiger partial charge in [0.05, 0.1) is 11.9 Å². The normalized spacial score (nSPS) is 10.9. The second-order valence-electron chi connectivity index (χ2n) is 4.11. The van der Waals surface area contributed by atoms with Crippen LogP contribution in [-0.4, -0.2) is 15.0 Å². The second-order valence-corrected chi connectivity index (χ2v) is 6.20. The SMILES string of the molecule is CCc1cnc(CNc2nc(NN)nc3sccc23)s1. The maximum Gasteiger partial charge on any atom is 0.240 e. The van der Waals surface area contributed by atoms with E-state index in [0.29, 0.717) is 12.5 Å². The number of thiophene rings is 1. The molecule has 3 heterocycles. The van der Waals surface area contributed by atoms with Gasteiger partial charge in [-0.25, -0.2) is 15.8 Å². The lowest BCUT2D eigenvalue weighted by molar-refractivity contribution is 1.06. The molecule has 0 saturated heterocycles. The number of rotatable bonds is 5. The number of aryl methyl sites for hydroxylation is 1. The fraction of sp³-hybridized carbons (Fsp3) is 0.250. The zero-order chi connectivity index (χ0) is 13.9. The average molecular weight is 306 g/mol. The third-order valence-corrected chi connectivity index (χ3v) is 4.76. The molecule has 0 aromatic carbocycles. The summed E-state index contributed by atoms with van der Waals surface area (Å²) < 4.78 is 0. The van der Waals surface area contributed by atoms with E-state index in [9.17, 15) is 0 Å². The number of nitrogens with two attached hydrogens (primary N) is 1. The molecule has 8 heteroatoms. The van der Waals surface area contributed by atoms with Gasteiger partial charge in [0, 0.05) is 11.1 Å². The van der Waals surface area contributed by atoms with E-state index in [-0.39, 0.29) is 0 Å². The monoisotopic (exact) mass is 306 g/mol. The van der Waals surface area contributed by atoms with Gasteiger partial charge in [-0.2, -0.15) is 4.98 Å². The molecule has 3 aromatic rings. The first-order valence-electron chi connectivity index (χ1n) is 6.19. The lowest BCUT2D eigenvalue weighted by Gasteiger charge is -2.06. The Kier molecular flexibility index (Phi) is 3.77. The topological polar surface area (TPSA) is 88.8 Å². The predicted octanol–water partition coefficient (Wildman–Crippen LogP) is 2.61. The number of nitrogens with zero attached hydrogens (tertiary/aromatic N) is 3. The molecule has 0 aliphatic rings. The summed E-state index contributed by atoms with van der Waals surface area (Å²) in [6, 6.07) is 2.00. The predicted molar refractivity (Wildman–Crippen MR) is 84.0 cm³/mol. The number of anilines is 2.